The highest BCUT2D eigenvalue weighted by molar-refractivity contribution is 4.82. The Hall–Kier alpha value is -0.340. The molecule has 2 heteroatoms. The van der Waals surface area contributed by atoms with Crippen LogP contribution in [0.5, 0.6) is 0 Å². The van der Waals surface area contributed by atoms with E-state index in [1.54, 1.807) is 6.08 Å². The third-order valence-corrected chi connectivity index (χ3v) is 3.75. The standard InChI is InChI=1S/C17H34O2/c1-6-8-9-10-14-19-17(4,5)13-11-12-15(3)16(18)7-2/h7,15-16,18H,2,6,8-14H2,1,3-5H3. The highest BCUT2D eigenvalue weighted by atomic mass is 16.5. The summed E-state index contributed by atoms with van der Waals surface area (Å²) in [4.78, 5) is 0. The van der Waals surface area contributed by atoms with Gasteiger partial charge in [0.25, 0.3) is 0 Å². The monoisotopic (exact) mass is 270 g/mol. The van der Waals surface area contributed by atoms with Crippen molar-refractivity contribution in [2.75, 3.05) is 6.61 Å². The number of unbranched alkanes of at least 4 members (excludes halogenated alkanes) is 3. The van der Waals surface area contributed by atoms with Gasteiger partial charge < -0.3 is 9.84 Å². The molecule has 114 valence electrons. The second-order valence-electron chi connectivity index (χ2n) is 6.26. The molecule has 2 atom stereocenters. The van der Waals surface area contributed by atoms with Crippen molar-refractivity contribution in [3.8, 4) is 0 Å². The lowest BCUT2D eigenvalue weighted by Crippen LogP contribution is -2.25. The van der Waals surface area contributed by atoms with Crippen LogP contribution >= 0.6 is 0 Å². The summed E-state index contributed by atoms with van der Waals surface area (Å²) in [6, 6.07) is 0. The van der Waals surface area contributed by atoms with Gasteiger partial charge in [0, 0.05) is 6.61 Å². The fraction of sp³-hybridized carbons (Fsp3) is 0.882. The topological polar surface area (TPSA) is 29.5 Å². The Balaban J connectivity index is 3.69. The van der Waals surface area contributed by atoms with Crippen LogP contribution in [0, 0.1) is 5.92 Å². The van der Waals surface area contributed by atoms with Gasteiger partial charge in [0.05, 0.1) is 11.7 Å². The highest BCUT2D eigenvalue weighted by Crippen LogP contribution is 2.22. The van der Waals surface area contributed by atoms with Crippen molar-refractivity contribution in [3.63, 3.8) is 0 Å². The summed E-state index contributed by atoms with van der Waals surface area (Å²) in [6.45, 7) is 13.1. The fourth-order valence-corrected chi connectivity index (χ4v) is 2.20. The summed E-state index contributed by atoms with van der Waals surface area (Å²) in [5.41, 5.74) is -0.0366. The molecular formula is C17H34O2. The van der Waals surface area contributed by atoms with E-state index in [0.29, 0.717) is 0 Å². The molecule has 2 unspecified atom stereocenters. The molecule has 0 aliphatic rings. The number of rotatable bonds is 12. The minimum absolute atomic E-state index is 0.0366. The van der Waals surface area contributed by atoms with Gasteiger partial charge in [-0.1, -0.05) is 45.6 Å². The van der Waals surface area contributed by atoms with Crippen LogP contribution < -0.4 is 0 Å². The second kappa shape index (κ2) is 10.4. The zero-order valence-corrected chi connectivity index (χ0v) is 13.5. The van der Waals surface area contributed by atoms with Gasteiger partial charge in [-0.05, 0) is 39.0 Å². The molecule has 0 aliphatic heterocycles. The van der Waals surface area contributed by atoms with Crippen LogP contribution in [0.4, 0.5) is 0 Å². The van der Waals surface area contributed by atoms with Crippen molar-refractivity contribution in [1.82, 2.24) is 0 Å². The largest absolute Gasteiger partial charge is 0.389 e. The third kappa shape index (κ3) is 10.1. The van der Waals surface area contributed by atoms with Gasteiger partial charge in [-0.2, -0.15) is 0 Å². The summed E-state index contributed by atoms with van der Waals surface area (Å²) in [5.74, 6) is 0.290. The number of ether oxygens (including phenoxy) is 1. The number of aliphatic hydroxyl groups excluding tert-OH is 1. The summed E-state index contributed by atoms with van der Waals surface area (Å²) < 4.78 is 5.96. The first-order valence-electron chi connectivity index (χ1n) is 7.87. The molecule has 0 radical (unpaired) electrons. The van der Waals surface area contributed by atoms with Gasteiger partial charge in [-0.25, -0.2) is 0 Å². The van der Waals surface area contributed by atoms with Crippen LogP contribution in [0.3, 0.4) is 0 Å². The quantitative estimate of drug-likeness (QED) is 0.411. The fourth-order valence-electron chi connectivity index (χ4n) is 2.20. The van der Waals surface area contributed by atoms with Crippen molar-refractivity contribution in [3.05, 3.63) is 12.7 Å². The van der Waals surface area contributed by atoms with E-state index in [0.717, 1.165) is 25.9 Å². The molecule has 0 aromatic heterocycles. The van der Waals surface area contributed by atoms with Gasteiger partial charge in [-0.15, -0.1) is 6.58 Å². The van der Waals surface area contributed by atoms with Crippen molar-refractivity contribution in [2.45, 2.75) is 84.3 Å². The van der Waals surface area contributed by atoms with E-state index >= 15 is 0 Å². The summed E-state index contributed by atoms with van der Waals surface area (Å²) in [6.07, 6.45) is 9.43. The van der Waals surface area contributed by atoms with Crippen LogP contribution in [-0.4, -0.2) is 23.4 Å². The van der Waals surface area contributed by atoms with Crippen LogP contribution in [-0.2, 0) is 4.74 Å². The number of hydrogen-bond donors (Lipinski definition) is 1. The second-order valence-corrected chi connectivity index (χ2v) is 6.26. The molecule has 0 fully saturated rings. The lowest BCUT2D eigenvalue weighted by molar-refractivity contribution is -0.0277. The first-order chi connectivity index (χ1) is 8.93. The van der Waals surface area contributed by atoms with Crippen molar-refractivity contribution < 1.29 is 9.84 Å². The Kier molecular flexibility index (Phi) is 10.3. The molecule has 0 spiro atoms. The first-order valence-corrected chi connectivity index (χ1v) is 7.87. The van der Waals surface area contributed by atoms with E-state index in [4.69, 9.17) is 4.74 Å². The third-order valence-electron chi connectivity index (χ3n) is 3.75. The molecular weight excluding hydrogens is 236 g/mol. The van der Waals surface area contributed by atoms with Crippen LogP contribution in [0.1, 0.15) is 72.6 Å². The molecule has 0 saturated carbocycles. The van der Waals surface area contributed by atoms with E-state index in [1.165, 1.54) is 25.7 Å². The van der Waals surface area contributed by atoms with Gasteiger partial charge in [0.1, 0.15) is 0 Å². The highest BCUT2D eigenvalue weighted by Gasteiger charge is 2.19. The molecule has 0 aromatic rings. The predicted octanol–water partition coefficient (Wildman–Crippen LogP) is 4.72. The lowest BCUT2D eigenvalue weighted by atomic mass is 9.93. The van der Waals surface area contributed by atoms with Crippen LogP contribution in [0.2, 0.25) is 0 Å². The van der Waals surface area contributed by atoms with Gasteiger partial charge in [0.15, 0.2) is 0 Å². The van der Waals surface area contributed by atoms with E-state index in [1.807, 2.05) is 0 Å². The molecule has 0 amide bonds. The summed E-state index contributed by atoms with van der Waals surface area (Å²) in [7, 11) is 0. The molecule has 0 aliphatic carbocycles. The maximum absolute atomic E-state index is 9.63. The molecule has 0 aromatic carbocycles. The molecule has 0 rings (SSSR count). The van der Waals surface area contributed by atoms with Gasteiger partial charge in [0.2, 0.25) is 0 Å². The minimum atomic E-state index is -0.377. The molecule has 0 heterocycles. The van der Waals surface area contributed by atoms with Crippen molar-refractivity contribution in [2.24, 2.45) is 5.92 Å². The van der Waals surface area contributed by atoms with Gasteiger partial charge in [-0.3, -0.25) is 0 Å². The summed E-state index contributed by atoms with van der Waals surface area (Å²) in [5, 5.41) is 9.63. The van der Waals surface area contributed by atoms with Crippen LogP contribution in [0.15, 0.2) is 12.7 Å². The minimum Gasteiger partial charge on any atom is -0.389 e. The van der Waals surface area contributed by atoms with Crippen molar-refractivity contribution in [1.29, 1.82) is 0 Å². The molecule has 1 N–H and O–H groups in total. The lowest BCUT2D eigenvalue weighted by Gasteiger charge is -2.26. The Labute approximate surface area is 120 Å². The Bertz CT molecular complexity index is 223. The van der Waals surface area contributed by atoms with Crippen LogP contribution in [0.25, 0.3) is 0 Å². The number of aliphatic hydroxyl groups is 1. The molecule has 0 bridgehead atoms. The average Bonchev–Trinajstić information content (AvgIpc) is 2.37. The smallest absolute Gasteiger partial charge is 0.0743 e. The molecule has 0 saturated heterocycles. The Morgan fingerprint density at radius 1 is 1.21 bits per heavy atom. The van der Waals surface area contributed by atoms with E-state index in [-0.39, 0.29) is 17.6 Å². The summed E-state index contributed by atoms with van der Waals surface area (Å²) >= 11 is 0. The Morgan fingerprint density at radius 3 is 2.47 bits per heavy atom. The zero-order valence-electron chi connectivity index (χ0n) is 13.5. The van der Waals surface area contributed by atoms with E-state index in [2.05, 4.69) is 34.3 Å². The van der Waals surface area contributed by atoms with E-state index in [9.17, 15) is 5.11 Å². The van der Waals surface area contributed by atoms with E-state index < -0.39 is 0 Å². The van der Waals surface area contributed by atoms with Gasteiger partial charge >= 0.3 is 0 Å². The maximum Gasteiger partial charge on any atom is 0.0743 e. The molecule has 19 heavy (non-hydrogen) atoms. The van der Waals surface area contributed by atoms with Crippen molar-refractivity contribution >= 4 is 0 Å². The molecule has 2 nitrogen and oxygen atoms in total. The average molecular weight is 270 g/mol. The maximum atomic E-state index is 9.63. The predicted molar refractivity (Wildman–Crippen MR) is 83.4 cm³/mol. The Morgan fingerprint density at radius 2 is 1.89 bits per heavy atom. The normalized spacial score (nSPS) is 15.2. The number of hydrogen-bond acceptors (Lipinski definition) is 2. The zero-order chi connectivity index (χ0) is 14.7. The first kappa shape index (κ1) is 18.7. The SMILES string of the molecule is C=CC(O)C(C)CCCC(C)(C)OCCCCCC.